The van der Waals surface area contributed by atoms with Crippen molar-refractivity contribution in [2.75, 3.05) is 13.2 Å². The second-order valence-corrected chi connectivity index (χ2v) is 17.1. The van der Waals surface area contributed by atoms with Gasteiger partial charge < -0.3 is 58.3 Å². The standard InChI is InChI=1S/C36H58O12/c1-33-16-26-23(44-31(33)15-32-36(4,48-33)28(40)12-19(41-32)6-5-11-37)13-25-21(42-26)9-10-29-34(2,47-25)18-35(3)30(45-29)14-24-22(46-35)8-7-20(39)27(17-38)43-24/h19-32,37-40H,5-18H2,1-4H3/t19-,20-,21+,22+,23+,24-,25-,26-,27+,28-,29-,30+,31-,32+,33+,34+,35-,36-/m0/s1. The molecule has 8 heterocycles. The highest BCUT2D eigenvalue weighted by Gasteiger charge is 2.64. The van der Waals surface area contributed by atoms with E-state index in [2.05, 4.69) is 20.8 Å². The van der Waals surface area contributed by atoms with Crippen molar-refractivity contribution < 1.29 is 58.3 Å². The summed E-state index contributed by atoms with van der Waals surface area (Å²) in [5.41, 5.74) is -2.62. The molecule has 0 amide bonds. The number of aliphatic hydroxyl groups excluding tert-OH is 4. The fourth-order valence-electron chi connectivity index (χ4n) is 10.8. The van der Waals surface area contributed by atoms with Gasteiger partial charge in [-0.1, -0.05) is 0 Å². The van der Waals surface area contributed by atoms with Gasteiger partial charge in [-0.2, -0.15) is 0 Å². The maximum absolute atomic E-state index is 11.3. The van der Waals surface area contributed by atoms with Crippen molar-refractivity contribution in [3.8, 4) is 0 Å². The minimum Gasteiger partial charge on any atom is -0.396 e. The molecule has 274 valence electrons. The number of hydrogen-bond acceptors (Lipinski definition) is 12. The molecule has 0 aromatic carbocycles. The highest BCUT2D eigenvalue weighted by atomic mass is 16.6. The molecule has 0 bridgehead atoms. The summed E-state index contributed by atoms with van der Waals surface area (Å²) >= 11 is 0. The first kappa shape index (κ1) is 34.6. The topological polar surface area (TPSA) is 155 Å². The Hall–Kier alpha value is -0.480. The first-order valence-corrected chi connectivity index (χ1v) is 18.8. The Bertz CT molecular complexity index is 1180. The molecule has 0 unspecified atom stereocenters. The molecule has 12 nitrogen and oxygen atoms in total. The van der Waals surface area contributed by atoms with E-state index in [1.165, 1.54) is 0 Å². The molecule has 8 rings (SSSR count). The number of fused-ring (bicyclic) bond motifs is 7. The summed E-state index contributed by atoms with van der Waals surface area (Å²) in [6, 6.07) is 0. The minimum atomic E-state index is -0.836. The van der Waals surface area contributed by atoms with Crippen molar-refractivity contribution in [1.82, 2.24) is 0 Å². The third-order valence-corrected chi connectivity index (χ3v) is 13.5. The minimum absolute atomic E-state index is 0.0965. The lowest BCUT2D eigenvalue weighted by molar-refractivity contribution is -0.369. The van der Waals surface area contributed by atoms with E-state index in [0.717, 1.165) is 19.3 Å². The first-order chi connectivity index (χ1) is 22.8. The molecule has 18 atom stereocenters. The summed E-state index contributed by atoms with van der Waals surface area (Å²) in [7, 11) is 0. The van der Waals surface area contributed by atoms with Gasteiger partial charge in [-0.3, -0.25) is 0 Å². The Morgan fingerprint density at radius 2 is 1.33 bits per heavy atom. The van der Waals surface area contributed by atoms with Crippen LogP contribution in [0.25, 0.3) is 0 Å². The van der Waals surface area contributed by atoms with Crippen LogP contribution in [0.5, 0.6) is 0 Å². The van der Waals surface area contributed by atoms with Crippen LogP contribution in [-0.4, -0.2) is 141 Å². The van der Waals surface area contributed by atoms with E-state index in [4.69, 9.17) is 37.9 Å². The van der Waals surface area contributed by atoms with Crippen molar-refractivity contribution in [2.45, 2.75) is 213 Å². The molecule has 0 spiro atoms. The molecule has 0 aliphatic carbocycles. The smallest absolute Gasteiger partial charge is 0.118 e. The van der Waals surface area contributed by atoms with Crippen molar-refractivity contribution in [1.29, 1.82) is 0 Å². The maximum atomic E-state index is 11.3. The number of rotatable bonds is 4. The third-order valence-electron chi connectivity index (χ3n) is 13.5. The molecule has 8 aliphatic rings. The summed E-state index contributed by atoms with van der Waals surface area (Å²) in [5.74, 6) is 0. The summed E-state index contributed by atoms with van der Waals surface area (Å²) < 4.78 is 54.0. The van der Waals surface area contributed by atoms with E-state index >= 15 is 0 Å². The first-order valence-electron chi connectivity index (χ1n) is 18.8. The molecular formula is C36H58O12. The van der Waals surface area contributed by atoms with Gasteiger partial charge in [-0.25, -0.2) is 0 Å². The normalized spacial score (nSPS) is 58.0. The van der Waals surface area contributed by atoms with E-state index in [0.29, 0.717) is 57.8 Å². The SMILES string of the molecule is C[C@@]12O[C@]3(C)C[C@@H]4O[C@@H]5CC[C@@H]6O[C@@H]7C[C@@H]8O[C@H](CO)[C@@H](O)CC[C@H]8O[C@@]7(C)C[C@@]6(C)O[C@H]5C[C@H]4O[C@H]3C[C@H]1O[C@@H](CCCO)C[C@@H]2O. The Morgan fingerprint density at radius 3 is 2.12 bits per heavy atom. The summed E-state index contributed by atoms with van der Waals surface area (Å²) in [5, 5.41) is 40.9. The summed E-state index contributed by atoms with van der Waals surface area (Å²) in [6.45, 7) is 8.24. The Kier molecular flexibility index (Phi) is 9.07. The van der Waals surface area contributed by atoms with Crippen molar-refractivity contribution in [3.05, 3.63) is 0 Å². The summed E-state index contributed by atoms with van der Waals surface area (Å²) in [4.78, 5) is 0. The predicted molar refractivity (Wildman–Crippen MR) is 169 cm³/mol. The molecule has 0 aromatic heterocycles. The number of ether oxygens (including phenoxy) is 8. The maximum Gasteiger partial charge on any atom is 0.118 e. The lowest BCUT2D eigenvalue weighted by Crippen LogP contribution is -2.72. The van der Waals surface area contributed by atoms with Gasteiger partial charge in [-0.15, -0.1) is 0 Å². The van der Waals surface area contributed by atoms with E-state index in [-0.39, 0.29) is 80.4 Å². The van der Waals surface area contributed by atoms with Gasteiger partial charge in [0.15, 0.2) is 0 Å². The lowest BCUT2D eigenvalue weighted by Gasteiger charge is -2.61. The lowest BCUT2D eigenvalue weighted by atomic mass is 9.72. The molecule has 0 aromatic rings. The van der Waals surface area contributed by atoms with Crippen LogP contribution in [0.2, 0.25) is 0 Å². The Labute approximate surface area is 284 Å². The third kappa shape index (κ3) is 5.82. The van der Waals surface area contributed by atoms with E-state index < -0.39 is 40.7 Å². The van der Waals surface area contributed by atoms with Crippen molar-refractivity contribution in [3.63, 3.8) is 0 Å². The van der Waals surface area contributed by atoms with Crippen LogP contribution in [0.15, 0.2) is 0 Å². The van der Waals surface area contributed by atoms with Gasteiger partial charge in [0.1, 0.15) is 11.7 Å². The highest BCUT2D eigenvalue weighted by molar-refractivity contribution is 5.12. The van der Waals surface area contributed by atoms with Gasteiger partial charge in [0.25, 0.3) is 0 Å². The molecule has 8 fully saturated rings. The fourth-order valence-corrected chi connectivity index (χ4v) is 10.8. The zero-order valence-corrected chi connectivity index (χ0v) is 29.0. The molecule has 8 aliphatic heterocycles. The highest BCUT2D eigenvalue weighted by Crippen LogP contribution is 2.54. The summed E-state index contributed by atoms with van der Waals surface area (Å²) in [6.07, 6.45) is 4.10. The molecule has 12 heteroatoms. The van der Waals surface area contributed by atoms with Gasteiger partial charge >= 0.3 is 0 Å². The van der Waals surface area contributed by atoms with Crippen LogP contribution in [0.4, 0.5) is 0 Å². The quantitative estimate of drug-likeness (QED) is 0.343. The second kappa shape index (κ2) is 12.6. The average Bonchev–Trinajstić information content (AvgIpc) is 3.26. The molecule has 48 heavy (non-hydrogen) atoms. The number of hydrogen-bond donors (Lipinski definition) is 4. The predicted octanol–water partition coefficient (Wildman–Crippen LogP) is 2.07. The van der Waals surface area contributed by atoms with Crippen molar-refractivity contribution in [2.24, 2.45) is 0 Å². The van der Waals surface area contributed by atoms with Crippen LogP contribution < -0.4 is 0 Å². The van der Waals surface area contributed by atoms with E-state index in [9.17, 15) is 20.4 Å². The van der Waals surface area contributed by atoms with Gasteiger partial charge in [0.05, 0.1) is 103 Å². The number of aliphatic hydroxyl groups is 4. The van der Waals surface area contributed by atoms with Crippen LogP contribution in [0.3, 0.4) is 0 Å². The van der Waals surface area contributed by atoms with Crippen LogP contribution in [0, 0.1) is 0 Å². The van der Waals surface area contributed by atoms with Crippen LogP contribution in [-0.2, 0) is 37.9 Å². The monoisotopic (exact) mass is 682 g/mol. The molecule has 0 saturated carbocycles. The largest absolute Gasteiger partial charge is 0.396 e. The van der Waals surface area contributed by atoms with E-state index in [1.807, 2.05) is 6.92 Å². The van der Waals surface area contributed by atoms with Gasteiger partial charge in [0, 0.05) is 45.1 Å². The van der Waals surface area contributed by atoms with Gasteiger partial charge in [-0.05, 0) is 66.2 Å². The second-order valence-electron chi connectivity index (χ2n) is 17.1. The zero-order chi connectivity index (χ0) is 33.6. The van der Waals surface area contributed by atoms with Crippen LogP contribution >= 0.6 is 0 Å². The Balaban J connectivity index is 0.963. The van der Waals surface area contributed by atoms with E-state index in [1.54, 1.807) is 0 Å². The van der Waals surface area contributed by atoms with Crippen LogP contribution in [0.1, 0.15) is 105 Å². The molecule has 8 saturated heterocycles. The van der Waals surface area contributed by atoms with Gasteiger partial charge in [0.2, 0.25) is 0 Å². The molecule has 0 radical (unpaired) electrons. The fraction of sp³-hybridized carbons (Fsp3) is 1.00. The van der Waals surface area contributed by atoms with Crippen molar-refractivity contribution >= 4 is 0 Å². The average molecular weight is 683 g/mol. The molecular weight excluding hydrogens is 624 g/mol. The zero-order valence-electron chi connectivity index (χ0n) is 29.0. The Morgan fingerprint density at radius 1 is 0.604 bits per heavy atom. The molecule has 4 N–H and O–H groups in total.